The average Bonchev–Trinajstić information content (AvgIpc) is 2.46. The molecule has 20 heavy (non-hydrogen) atoms. The van der Waals surface area contributed by atoms with Crippen molar-refractivity contribution >= 4 is 34.4 Å². The van der Waals surface area contributed by atoms with Crippen LogP contribution in [-0.2, 0) is 0 Å². The summed E-state index contributed by atoms with van der Waals surface area (Å²) in [5, 5.41) is 9.13. The molecule has 5 nitrogen and oxygen atoms in total. The predicted molar refractivity (Wildman–Crippen MR) is 81.8 cm³/mol. The van der Waals surface area contributed by atoms with Crippen LogP contribution in [0.2, 0.25) is 5.15 Å². The zero-order chi connectivity index (χ0) is 14.4. The normalized spacial score (nSPS) is 12.4. The van der Waals surface area contributed by atoms with Gasteiger partial charge < -0.3 is 10.8 Å². The second-order valence-electron chi connectivity index (χ2n) is 4.13. The zero-order valence-corrected chi connectivity index (χ0v) is 11.6. The monoisotopic (exact) mass is 290 g/mol. The molecule has 0 radical (unpaired) electrons. The van der Waals surface area contributed by atoms with Gasteiger partial charge in [-0.3, -0.25) is 9.98 Å². The van der Waals surface area contributed by atoms with Crippen molar-refractivity contribution < 1.29 is 5.11 Å². The Kier molecular flexibility index (Phi) is 5.03. The molecule has 0 saturated heterocycles. The van der Waals surface area contributed by atoms with E-state index in [0.29, 0.717) is 23.6 Å². The largest absolute Gasteiger partial charge is 0.404 e. The predicted octanol–water partition coefficient (Wildman–Crippen LogP) is 2.04. The van der Waals surface area contributed by atoms with Gasteiger partial charge in [0.2, 0.25) is 0 Å². The summed E-state index contributed by atoms with van der Waals surface area (Å²) >= 11 is 5.87. The van der Waals surface area contributed by atoms with Crippen molar-refractivity contribution in [2.75, 3.05) is 13.2 Å². The molecule has 0 aliphatic rings. The summed E-state index contributed by atoms with van der Waals surface area (Å²) in [6, 6.07) is 5.38. The van der Waals surface area contributed by atoms with E-state index in [9.17, 15) is 0 Å². The number of allylic oxidation sites excluding steroid dienone is 1. The molecule has 0 aliphatic heterocycles. The first-order valence-corrected chi connectivity index (χ1v) is 6.57. The standard InChI is InChI=1S/C14H15ClN4O/c15-14-3-2-12-13(19-14)6-10(9-18-12)11(7-16)8-17-4-1-5-20/h2-3,6-9,20H,1,4-5,16H2. The highest BCUT2D eigenvalue weighted by molar-refractivity contribution is 6.29. The first-order valence-electron chi connectivity index (χ1n) is 6.20. The summed E-state index contributed by atoms with van der Waals surface area (Å²) in [6.45, 7) is 0.678. The van der Waals surface area contributed by atoms with E-state index in [-0.39, 0.29) is 6.61 Å². The van der Waals surface area contributed by atoms with Gasteiger partial charge in [0.25, 0.3) is 0 Å². The molecule has 0 aliphatic carbocycles. The summed E-state index contributed by atoms with van der Waals surface area (Å²) in [6.07, 6.45) is 5.48. The number of nitrogens with two attached hydrogens (primary N) is 1. The highest BCUT2D eigenvalue weighted by Gasteiger charge is 2.03. The van der Waals surface area contributed by atoms with E-state index in [1.165, 1.54) is 6.20 Å². The number of pyridine rings is 2. The topological polar surface area (TPSA) is 84.4 Å². The third-order valence-corrected chi connectivity index (χ3v) is 2.90. The molecule has 104 valence electrons. The summed E-state index contributed by atoms with van der Waals surface area (Å²) in [5.41, 5.74) is 8.66. The van der Waals surface area contributed by atoms with Crippen molar-refractivity contribution in [1.29, 1.82) is 0 Å². The van der Waals surface area contributed by atoms with E-state index in [2.05, 4.69) is 15.0 Å². The minimum atomic E-state index is 0.124. The molecule has 0 unspecified atom stereocenters. The lowest BCUT2D eigenvalue weighted by Gasteiger charge is -2.03. The first kappa shape index (κ1) is 14.4. The lowest BCUT2D eigenvalue weighted by molar-refractivity contribution is 0.291. The lowest BCUT2D eigenvalue weighted by Crippen LogP contribution is -1.95. The van der Waals surface area contributed by atoms with Crippen LogP contribution in [0, 0.1) is 0 Å². The van der Waals surface area contributed by atoms with Crippen LogP contribution in [0.15, 0.2) is 35.6 Å². The molecule has 0 spiro atoms. The highest BCUT2D eigenvalue weighted by atomic mass is 35.5. The van der Waals surface area contributed by atoms with Crippen molar-refractivity contribution in [2.45, 2.75) is 6.42 Å². The molecule has 3 N–H and O–H groups in total. The molecular weight excluding hydrogens is 276 g/mol. The third kappa shape index (κ3) is 3.53. The van der Waals surface area contributed by atoms with Gasteiger partial charge in [0.05, 0.1) is 11.0 Å². The van der Waals surface area contributed by atoms with Gasteiger partial charge in [-0.1, -0.05) is 11.6 Å². The Morgan fingerprint density at radius 2 is 2.25 bits per heavy atom. The lowest BCUT2D eigenvalue weighted by atomic mass is 10.1. The van der Waals surface area contributed by atoms with Gasteiger partial charge in [0, 0.05) is 42.9 Å². The van der Waals surface area contributed by atoms with Crippen LogP contribution < -0.4 is 5.73 Å². The minimum absolute atomic E-state index is 0.124. The van der Waals surface area contributed by atoms with Crippen LogP contribution in [0.4, 0.5) is 0 Å². The van der Waals surface area contributed by atoms with Gasteiger partial charge in [-0.15, -0.1) is 0 Å². The van der Waals surface area contributed by atoms with Crippen LogP contribution in [0.3, 0.4) is 0 Å². The number of hydrogen-bond donors (Lipinski definition) is 2. The summed E-state index contributed by atoms with van der Waals surface area (Å²) in [7, 11) is 0. The van der Waals surface area contributed by atoms with Gasteiger partial charge >= 0.3 is 0 Å². The Morgan fingerprint density at radius 3 is 3.00 bits per heavy atom. The smallest absolute Gasteiger partial charge is 0.129 e. The second-order valence-corrected chi connectivity index (χ2v) is 4.52. The molecule has 6 heteroatoms. The molecular formula is C14H15ClN4O. The van der Waals surface area contributed by atoms with E-state index in [1.807, 2.05) is 12.1 Å². The Hall–Kier alpha value is -1.98. The van der Waals surface area contributed by atoms with E-state index >= 15 is 0 Å². The van der Waals surface area contributed by atoms with E-state index in [4.69, 9.17) is 22.4 Å². The molecule has 2 heterocycles. The van der Waals surface area contributed by atoms with Crippen LogP contribution in [-0.4, -0.2) is 34.4 Å². The van der Waals surface area contributed by atoms with Crippen molar-refractivity contribution in [3.05, 3.63) is 41.3 Å². The van der Waals surface area contributed by atoms with Gasteiger partial charge in [0.1, 0.15) is 5.15 Å². The van der Waals surface area contributed by atoms with Gasteiger partial charge in [-0.2, -0.15) is 0 Å². The molecule has 0 amide bonds. The molecule has 0 bridgehead atoms. The number of halogens is 1. The number of aliphatic imine (C=N–C) groups is 1. The van der Waals surface area contributed by atoms with Crippen LogP contribution >= 0.6 is 11.6 Å². The van der Waals surface area contributed by atoms with E-state index in [0.717, 1.165) is 16.7 Å². The third-order valence-electron chi connectivity index (χ3n) is 2.69. The van der Waals surface area contributed by atoms with Crippen LogP contribution in [0.5, 0.6) is 0 Å². The number of nitrogens with zero attached hydrogens (tertiary/aromatic N) is 3. The number of aliphatic hydroxyl groups excluding tert-OH is 1. The molecule has 0 fully saturated rings. The van der Waals surface area contributed by atoms with Crippen molar-refractivity contribution in [3.63, 3.8) is 0 Å². The van der Waals surface area contributed by atoms with Crippen molar-refractivity contribution in [2.24, 2.45) is 10.7 Å². The maximum Gasteiger partial charge on any atom is 0.129 e. The van der Waals surface area contributed by atoms with Crippen molar-refractivity contribution in [1.82, 2.24) is 9.97 Å². The molecule has 0 saturated carbocycles. The fourth-order valence-electron chi connectivity index (χ4n) is 1.68. The molecule has 2 aromatic heterocycles. The Labute approximate surface area is 121 Å². The highest BCUT2D eigenvalue weighted by Crippen LogP contribution is 2.18. The van der Waals surface area contributed by atoms with Crippen LogP contribution in [0.1, 0.15) is 12.0 Å². The number of aliphatic hydroxyl groups is 1. The minimum Gasteiger partial charge on any atom is -0.404 e. The number of fused-ring (bicyclic) bond motifs is 1. The number of hydrogen-bond acceptors (Lipinski definition) is 5. The second kappa shape index (κ2) is 6.98. The zero-order valence-electron chi connectivity index (χ0n) is 10.8. The first-order chi connectivity index (χ1) is 9.74. The Morgan fingerprint density at radius 1 is 1.40 bits per heavy atom. The Bertz CT molecular complexity index is 655. The Balaban J connectivity index is 2.28. The molecule has 2 aromatic rings. The van der Waals surface area contributed by atoms with Crippen molar-refractivity contribution in [3.8, 4) is 0 Å². The fourth-order valence-corrected chi connectivity index (χ4v) is 1.83. The quantitative estimate of drug-likeness (QED) is 0.501. The molecule has 2 rings (SSSR count). The fraction of sp³-hybridized carbons (Fsp3) is 0.214. The van der Waals surface area contributed by atoms with Crippen LogP contribution in [0.25, 0.3) is 16.6 Å². The van der Waals surface area contributed by atoms with E-state index < -0.39 is 0 Å². The summed E-state index contributed by atoms with van der Waals surface area (Å²) in [5.74, 6) is 0. The summed E-state index contributed by atoms with van der Waals surface area (Å²) in [4.78, 5) is 12.7. The summed E-state index contributed by atoms with van der Waals surface area (Å²) < 4.78 is 0. The molecule has 0 atom stereocenters. The van der Waals surface area contributed by atoms with Gasteiger partial charge in [0.15, 0.2) is 0 Å². The maximum absolute atomic E-state index is 8.71. The maximum atomic E-state index is 8.71. The van der Waals surface area contributed by atoms with E-state index in [1.54, 1.807) is 18.5 Å². The van der Waals surface area contributed by atoms with Gasteiger partial charge in [-0.25, -0.2) is 4.98 Å². The molecule has 0 aromatic carbocycles. The number of aromatic nitrogens is 2. The van der Waals surface area contributed by atoms with Gasteiger partial charge in [-0.05, 0) is 24.6 Å². The SMILES string of the molecule is NC=C(C=NCCCO)c1cnc2ccc(Cl)nc2c1. The average molecular weight is 291 g/mol. The number of rotatable bonds is 5.